The lowest BCUT2D eigenvalue weighted by molar-refractivity contribution is 0.729. The molecule has 16 heavy (non-hydrogen) atoms. The van der Waals surface area contributed by atoms with Crippen LogP contribution < -0.4 is 10.6 Å². The number of hydrogen-bond acceptors (Lipinski definition) is 4. The monoisotopic (exact) mass is 239 g/mol. The summed E-state index contributed by atoms with van der Waals surface area (Å²) in [6, 6.07) is 4.47. The van der Waals surface area contributed by atoms with E-state index in [4.69, 9.17) is 5.73 Å². The van der Waals surface area contributed by atoms with Gasteiger partial charge in [-0.1, -0.05) is 6.07 Å². The molecule has 2 N–H and O–H groups in total. The molecule has 1 rings (SSSR count). The van der Waals surface area contributed by atoms with Gasteiger partial charge in [-0.05, 0) is 26.2 Å². The number of rotatable bonds is 5. The van der Waals surface area contributed by atoms with Gasteiger partial charge in [0.1, 0.15) is 5.82 Å². The van der Waals surface area contributed by atoms with E-state index in [1.165, 1.54) is 0 Å². The molecular weight excluding hydrogens is 218 g/mol. The first kappa shape index (κ1) is 13.3. The summed E-state index contributed by atoms with van der Waals surface area (Å²) >= 11 is 1.85. The predicted octanol–water partition coefficient (Wildman–Crippen LogP) is 2.29. The van der Waals surface area contributed by atoms with Crippen LogP contribution in [0.5, 0.6) is 0 Å². The van der Waals surface area contributed by atoms with E-state index in [2.05, 4.69) is 36.2 Å². The average molecular weight is 239 g/mol. The third-order valence-electron chi connectivity index (χ3n) is 2.71. The Morgan fingerprint density at radius 3 is 2.75 bits per heavy atom. The summed E-state index contributed by atoms with van der Waals surface area (Å²) in [5, 5.41) is 0. The Morgan fingerprint density at radius 2 is 2.19 bits per heavy atom. The molecule has 4 heteroatoms. The predicted molar refractivity (Wildman–Crippen MR) is 73.1 cm³/mol. The molecule has 0 bridgehead atoms. The van der Waals surface area contributed by atoms with Crippen LogP contribution in [0.2, 0.25) is 0 Å². The normalized spacial score (nSPS) is 14.6. The summed E-state index contributed by atoms with van der Waals surface area (Å²) < 4.78 is 0. The first-order valence-electron chi connectivity index (χ1n) is 5.50. The summed E-state index contributed by atoms with van der Waals surface area (Å²) in [6.45, 7) is 4.20. The van der Waals surface area contributed by atoms with Gasteiger partial charge in [0.25, 0.3) is 0 Å². The number of nitrogens with two attached hydrogens (primary N) is 1. The van der Waals surface area contributed by atoms with Crippen molar-refractivity contribution in [1.29, 1.82) is 0 Å². The van der Waals surface area contributed by atoms with E-state index in [-0.39, 0.29) is 6.04 Å². The topological polar surface area (TPSA) is 42.2 Å². The van der Waals surface area contributed by atoms with E-state index in [1.54, 1.807) is 0 Å². The van der Waals surface area contributed by atoms with Gasteiger partial charge in [0, 0.05) is 36.6 Å². The van der Waals surface area contributed by atoms with E-state index in [0.717, 1.165) is 17.1 Å². The molecule has 1 unspecified atom stereocenters. The smallest absolute Gasteiger partial charge is 0.133 e. The molecule has 0 spiro atoms. The fourth-order valence-corrected chi connectivity index (χ4v) is 2.33. The number of nitrogens with zero attached hydrogens (tertiary/aromatic N) is 2. The lowest BCUT2D eigenvalue weighted by Gasteiger charge is -2.28. The zero-order valence-electron chi connectivity index (χ0n) is 10.5. The van der Waals surface area contributed by atoms with Gasteiger partial charge in [-0.25, -0.2) is 4.98 Å². The van der Waals surface area contributed by atoms with Crippen LogP contribution in [0.15, 0.2) is 18.3 Å². The van der Waals surface area contributed by atoms with Crippen LogP contribution in [0.4, 0.5) is 5.82 Å². The second kappa shape index (κ2) is 6.11. The molecule has 0 aliphatic carbocycles. The lowest BCUT2D eigenvalue weighted by atomic mass is 10.1. The molecule has 3 nitrogen and oxygen atoms in total. The molecule has 1 heterocycles. The highest BCUT2D eigenvalue weighted by atomic mass is 32.2. The highest BCUT2D eigenvalue weighted by molar-refractivity contribution is 7.98. The van der Waals surface area contributed by atoms with E-state index >= 15 is 0 Å². The van der Waals surface area contributed by atoms with Gasteiger partial charge < -0.3 is 10.6 Å². The summed E-state index contributed by atoms with van der Waals surface area (Å²) in [4.78, 5) is 6.64. The van der Waals surface area contributed by atoms with Gasteiger partial charge in [-0.15, -0.1) is 0 Å². The zero-order chi connectivity index (χ0) is 12.1. The molecule has 0 saturated carbocycles. The molecule has 0 aliphatic rings. The number of pyridine rings is 1. The van der Waals surface area contributed by atoms with Crippen molar-refractivity contribution in [3.63, 3.8) is 0 Å². The van der Waals surface area contributed by atoms with Crippen LogP contribution in [0, 0.1) is 0 Å². The third-order valence-corrected chi connectivity index (χ3v) is 3.53. The van der Waals surface area contributed by atoms with Crippen molar-refractivity contribution in [3.05, 3.63) is 23.9 Å². The minimum absolute atomic E-state index is 0.0210. The zero-order valence-corrected chi connectivity index (χ0v) is 11.3. The molecular formula is C12H21N3S. The minimum atomic E-state index is 0.0210. The third kappa shape index (κ3) is 3.12. The molecule has 0 amide bonds. The Kier molecular flexibility index (Phi) is 5.09. The highest BCUT2D eigenvalue weighted by Crippen LogP contribution is 2.23. The van der Waals surface area contributed by atoms with Gasteiger partial charge in [0.2, 0.25) is 0 Å². The quantitative estimate of drug-likeness (QED) is 0.856. The van der Waals surface area contributed by atoms with Crippen molar-refractivity contribution < 1.29 is 0 Å². The van der Waals surface area contributed by atoms with Crippen molar-refractivity contribution in [2.24, 2.45) is 5.73 Å². The van der Waals surface area contributed by atoms with Gasteiger partial charge >= 0.3 is 0 Å². The van der Waals surface area contributed by atoms with Crippen LogP contribution >= 0.6 is 11.8 Å². The molecule has 0 aromatic carbocycles. The fourth-order valence-electron chi connectivity index (χ4n) is 1.62. The van der Waals surface area contributed by atoms with Gasteiger partial charge in [0.05, 0.1) is 0 Å². The number of hydrogen-bond donors (Lipinski definition) is 1. The molecule has 0 fully saturated rings. The van der Waals surface area contributed by atoms with Crippen LogP contribution in [0.25, 0.3) is 0 Å². The van der Waals surface area contributed by atoms with E-state index in [9.17, 15) is 0 Å². The maximum Gasteiger partial charge on any atom is 0.133 e. The SMILES string of the molecule is CSCC(C)N(C)c1ncccc1[C@H](C)N. The van der Waals surface area contributed by atoms with Crippen LogP contribution in [-0.4, -0.2) is 30.1 Å². The van der Waals surface area contributed by atoms with Gasteiger partial charge in [-0.3, -0.25) is 0 Å². The van der Waals surface area contributed by atoms with Crippen molar-refractivity contribution in [3.8, 4) is 0 Å². The number of anilines is 1. The van der Waals surface area contributed by atoms with E-state index in [1.807, 2.05) is 30.9 Å². The maximum absolute atomic E-state index is 5.95. The first-order chi connectivity index (χ1) is 7.57. The van der Waals surface area contributed by atoms with Crippen molar-refractivity contribution in [2.75, 3.05) is 24.0 Å². The fraction of sp³-hybridized carbons (Fsp3) is 0.583. The van der Waals surface area contributed by atoms with E-state index < -0.39 is 0 Å². The standard InChI is InChI=1S/C12H21N3S/c1-9(8-16-4)15(3)12-11(10(2)13)6-5-7-14-12/h5-7,9-10H,8,13H2,1-4H3/t9?,10-/m0/s1. The lowest BCUT2D eigenvalue weighted by Crippen LogP contribution is -2.33. The number of aromatic nitrogens is 1. The van der Waals surface area contributed by atoms with E-state index in [0.29, 0.717) is 6.04 Å². The molecule has 90 valence electrons. The minimum Gasteiger partial charge on any atom is -0.356 e. The molecule has 2 atom stereocenters. The van der Waals surface area contributed by atoms with Crippen molar-refractivity contribution >= 4 is 17.6 Å². The molecule has 0 radical (unpaired) electrons. The Balaban J connectivity index is 2.93. The average Bonchev–Trinajstić information content (AvgIpc) is 2.28. The molecule has 0 aliphatic heterocycles. The van der Waals surface area contributed by atoms with Crippen molar-refractivity contribution in [2.45, 2.75) is 25.9 Å². The first-order valence-corrected chi connectivity index (χ1v) is 6.89. The Bertz CT molecular complexity index is 328. The Hall–Kier alpha value is -0.740. The molecule has 1 aromatic rings. The summed E-state index contributed by atoms with van der Waals surface area (Å²) in [7, 11) is 2.08. The largest absolute Gasteiger partial charge is 0.356 e. The number of thioether (sulfide) groups is 1. The molecule has 0 saturated heterocycles. The Morgan fingerprint density at radius 1 is 1.50 bits per heavy atom. The summed E-state index contributed by atoms with van der Waals surface area (Å²) in [5.41, 5.74) is 7.06. The maximum atomic E-state index is 5.95. The highest BCUT2D eigenvalue weighted by Gasteiger charge is 2.15. The Labute approximate surface area is 102 Å². The molecule has 1 aromatic heterocycles. The summed E-state index contributed by atoms with van der Waals surface area (Å²) in [6.07, 6.45) is 3.94. The van der Waals surface area contributed by atoms with Gasteiger partial charge in [0.15, 0.2) is 0 Å². The van der Waals surface area contributed by atoms with Gasteiger partial charge in [-0.2, -0.15) is 11.8 Å². The van der Waals surface area contributed by atoms with Crippen LogP contribution in [-0.2, 0) is 0 Å². The summed E-state index contributed by atoms with van der Waals surface area (Å²) in [5.74, 6) is 2.09. The second-order valence-electron chi connectivity index (χ2n) is 4.12. The van der Waals surface area contributed by atoms with Crippen LogP contribution in [0.1, 0.15) is 25.5 Å². The van der Waals surface area contributed by atoms with Crippen LogP contribution in [0.3, 0.4) is 0 Å². The van der Waals surface area contributed by atoms with Crippen molar-refractivity contribution in [1.82, 2.24) is 4.98 Å². The second-order valence-corrected chi connectivity index (χ2v) is 5.03.